The Morgan fingerprint density at radius 3 is 2.64 bits per heavy atom. The fourth-order valence-electron chi connectivity index (χ4n) is 1.03. The summed E-state index contributed by atoms with van der Waals surface area (Å²) in [6.07, 6.45) is 0. The zero-order valence-corrected chi connectivity index (χ0v) is 8.43. The summed E-state index contributed by atoms with van der Waals surface area (Å²) in [6, 6.07) is 4.47. The summed E-state index contributed by atoms with van der Waals surface area (Å²) in [6.45, 7) is 0. The number of nitriles is 1. The van der Waals surface area contributed by atoms with Crippen molar-refractivity contribution in [1.29, 1.82) is 5.26 Å². The van der Waals surface area contributed by atoms with E-state index < -0.39 is 5.97 Å². The predicted octanol–water partition coefficient (Wildman–Crippen LogP) is 2.65. The molecule has 1 aromatic rings. The molecular formula is C9H5Cl2NO2. The maximum absolute atomic E-state index is 10.8. The van der Waals surface area contributed by atoms with Crippen LogP contribution in [0.25, 0.3) is 0 Å². The van der Waals surface area contributed by atoms with Crippen molar-refractivity contribution >= 4 is 29.2 Å². The maximum atomic E-state index is 10.8. The Balaban J connectivity index is 3.45. The number of nitrogens with zero attached hydrogens (tertiary/aromatic N) is 1. The van der Waals surface area contributed by atoms with Crippen molar-refractivity contribution in [2.45, 2.75) is 5.88 Å². The molecule has 5 heteroatoms. The van der Waals surface area contributed by atoms with Crippen LogP contribution in [0.2, 0.25) is 5.02 Å². The van der Waals surface area contributed by atoms with Gasteiger partial charge in [-0.2, -0.15) is 5.26 Å². The average Bonchev–Trinajstić information content (AvgIpc) is 2.16. The van der Waals surface area contributed by atoms with Crippen molar-refractivity contribution in [3.63, 3.8) is 0 Å². The van der Waals surface area contributed by atoms with E-state index in [1.165, 1.54) is 12.1 Å². The van der Waals surface area contributed by atoms with Crippen LogP contribution in [0, 0.1) is 11.3 Å². The monoisotopic (exact) mass is 229 g/mol. The van der Waals surface area contributed by atoms with Gasteiger partial charge in [-0.1, -0.05) is 11.6 Å². The Bertz CT molecular complexity index is 424. The minimum Gasteiger partial charge on any atom is -0.478 e. The third kappa shape index (κ3) is 1.98. The number of benzene rings is 1. The molecule has 0 aliphatic carbocycles. The summed E-state index contributed by atoms with van der Waals surface area (Å²) in [5.41, 5.74) is 0.519. The third-order valence-corrected chi connectivity index (χ3v) is 2.29. The molecule has 0 aliphatic heterocycles. The van der Waals surface area contributed by atoms with Crippen LogP contribution >= 0.6 is 23.2 Å². The Morgan fingerprint density at radius 2 is 2.21 bits per heavy atom. The van der Waals surface area contributed by atoms with Crippen LogP contribution in [0.5, 0.6) is 0 Å². The molecule has 0 amide bonds. The number of rotatable bonds is 2. The standard InChI is InChI=1S/C9H5Cl2NO2/c10-3-7-6(9(13)14)1-5(4-12)2-8(7)11/h1-2H,3H2,(H,13,14). The first-order valence-corrected chi connectivity index (χ1v) is 4.53. The summed E-state index contributed by atoms with van der Waals surface area (Å²) >= 11 is 11.3. The molecule has 0 aromatic heterocycles. The average molecular weight is 230 g/mol. The minimum absolute atomic E-state index is 0.00613. The van der Waals surface area contributed by atoms with E-state index in [-0.39, 0.29) is 22.0 Å². The summed E-state index contributed by atoms with van der Waals surface area (Å²) < 4.78 is 0. The van der Waals surface area contributed by atoms with E-state index in [0.29, 0.717) is 5.56 Å². The van der Waals surface area contributed by atoms with Crippen LogP contribution in [0.4, 0.5) is 0 Å². The molecule has 0 aliphatic rings. The molecule has 0 heterocycles. The summed E-state index contributed by atoms with van der Waals surface area (Å²) in [5, 5.41) is 17.6. The molecule has 0 bridgehead atoms. The Hall–Kier alpha value is -1.24. The van der Waals surface area contributed by atoms with E-state index in [2.05, 4.69) is 0 Å². The minimum atomic E-state index is -1.14. The summed E-state index contributed by atoms with van der Waals surface area (Å²) in [5.74, 6) is -1.13. The first-order chi connectivity index (χ1) is 6.60. The predicted molar refractivity (Wildman–Crippen MR) is 52.7 cm³/mol. The lowest BCUT2D eigenvalue weighted by atomic mass is 10.1. The Morgan fingerprint density at radius 1 is 1.57 bits per heavy atom. The van der Waals surface area contributed by atoms with Crippen molar-refractivity contribution < 1.29 is 9.90 Å². The topological polar surface area (TPSA) is 61.1 Å². The van der Waals surface area contributed by atoms with Gasteiger partial charge in [-0.15, -0.1) is 11.6 Å². The molecule has 1 N–H and O–H groups in total. The second-order valence-electron chi connectivity index (χ2n) is 2.53. The molecule has 0 saturated heterocycles. The van der Waals surface area contributed by atoms with Crippen LogP contribution in [0.3, 0.4) is 0 Å². The molecule has 0 atom stereocenters. The highest BCUT2D eigenvalue weighted by Gasteiger charge is 2.14. The van der Waals surface area contributed by atoms with Crippen molar-refractivity contribution in [1.82, 2.24) is 0 Å². The fraction of sp³-hybridized carbons (Fsp3) is 0.111. The molecule has 1 aromatic carbocycles. The zero-order chi connectivity index (χ0) is 10.7. The van der Waals surface area contributed by atoms with Crippen LogP contribution < -0.4 is 0 Å². The first kappa shape index (κ1) is 10.8. The molecule has 14 heavy (non-hydrogen) atoms. The van der Waals surface area contributed by atoms with Crippen LogP contribution in [-0.2, 0) is 5.88 Å². The van der Waals surface area contributed by atoms with Crippen molar-refractivity contribution in [2.75, 3.05) is 0 Å². The fourth-order valence-corrected chi connectivity index (χ4v) is 1.67. The molecule has 0 unspecified atom stereocenters. The molecular weight excluding hydrogens is 225 g/mol. The molecule has 3 nitrogen and oxygen atoms in total. The van der Waals surface area contributed by atoms with Crippen molar-refractivity contribution in [3.05, 3.63) is 33.8 Å². The van der Waals surface area contributed by atoms with Gasteiger partial charge in [0.15, 0.2) is 0 Å². The first-order valence-electron chi connectivity index (χ1n) is 3.62. The number of alkyl halides is 1. The van der Waals surface area contributed by atoms with E-state index in [4.69, 9.17) is 33.6 Å². The molecule has 0 fully saturated rings. The largest absolute Gasteiger partial charge is 0.478 e. The number of hydrogen-bond acceptors (Lipinski definition) is 2. The van der Waals surface area contributed by atoms with Crippen LogP contribution in [-0.4, -0.2) is 11.1 Å². The molecule has 0 radical (unpaired) electrons. The highest BCUT2D eigenvalue weighted by Crippen LogP contribution is 2.24. The number of aromatic carboxylic acids is 1. The lowest BCUT2D eigenvalue weighted by molar-refractivity contribution is 0.0696. The lowest BCUT2D eigenvalue weighted by Crippen LogP contribution is -2.02. The van der Waals surface area contributed by atoms with E-state index in [0.717, 1.165) is 0 Å². The van der Waals surface area contributed by atoms with Crippen LogP contribution in [0.15, 0.2) is 12.1 Å². The van der Waals surface area contributed by atoms with Gasteiger partial charge in [0.25, 0.3) is 0 Å². The van der Waals surface area contributed by atoms with E-state index >= 15 is 0 Å². The van der Waals surface area contributed by atoms with Crippen molar-refractivity contribution in [2.24, 2.45) is 0 Å². The smallest absolute Gasteiger partial charge is 0.336 e. The molecule has 72 valence electrons. The van der Waals surface area contributed by atoms with E-state index in [9.17, 15) is 4.79 Å². The molecule has 1 rings (SSSR count). The number of carboxylic acids is 1. The Labute approximate surface area is 90.5 Å². The van der Waals surface area contributed by atoms with Gasteiger partial charge in [0.1, 0.15) is 0 Å². The Kier molecular flexibility index (Phi) is 3.34. The van der Waals surface area contributed by atoms with Gasteiger partial charge in [-0.05, 0) is 12.1 Å². The van der Waals surface area contributed by atoms with Gasteiger partial charge in [-0.25, -0.2) is 4.79 Å². The summed E-state index contributed by atoms with van der Waals surface area (Å²) in [7, 11) is 0. The number of carbonyl (C=O) groups is 1. The second kappa shape index (κ2) is 4.32. The van der Waals surface area contributed by atoms with Gasteiger partial charge < -0.3 is 5.11 Å². The van der Waals surface area contributed by atoms with Gasteiger partial charge >= 0.3 is 5.97 Å². The van der Waals surface area contributed by atoms with Gasteiger partial charge in [0.05, 0.1) is 17.2 Å². The number of carboxylic acid groups (broad SMARTS) is 1. The quantitative estimate of drug-likeness (QED) is 0.794. The van der Waals surface area contributed by atoms with Crippen molar-refractivity contribution in [3.8, 4) is 6.07 Å². The highest BCUT2D eigenvalue weighted by molar-refractivity contribution is 6.33. The van der Waals surface area contributed by atoms with Gasteiger partial charge in [0, 0.05) is 16.5 Å². The number of halogens is 2. The highest BCUT2D eigenvalue weighted by atomic mass is 35.5. The van der Waals surface area contributed by atoms with Crippen LogP contribution in [0.1, 0.15) is 21.5 Å². The SMILES string of the molecule is N#Cc1cc(Cl)c(CCl)c(C(=O)O)c1. The lowest BCUT2D eigenvalue weighted by Gasteiger charge is -2.05. The molecule has 0 spiro atoms. The summed E-state index contributed by atoms with van der Waals surface area (Å²) in [4.78, 5) is 10.8. The van der Waals surface area contributed by atoms with E-state index in [1.54, 1.807) is 0 Å². The zero-order valence-electron chi connectivity index (χ0n) is 6.92. The third-order valence-electron chi connectivity index (χ3n) is 1.69. The maximum Gasteiger partial charge on any atom is 0.336 e. The van der Waals surface area contributed by atoms with Gasteiger partial charge in [-0.3, -0.25) is 0 Å². The molecule has 0 saturated carbocycles. The second-order valence-corrected chi connectivity index (χ2v) is 3.21. The van der Waals surface area contributed by atoms with Gasteiger partial charge in [0.2, 0.25) is 0 Å². The normalized spacial score (nSPS) is 9.50. The number of hydrogen-bond donors (Lipinski definition) is 1. The van der Waals surface area contributed by atoms with E-state index in [1.807, 2.05) is 6.07 Å².